The van der Waals surface area contributed by atoms with E-state index < -0.39 is 5.97 Å². The minimum absolute atomic E-state index is 0.200. The van der Waals surface area contributed by atoms with Crippen molar-refractivity contribution in [2.45, 2.75) is 13.8 Å². The van der Waals surface area contributed by atoms with E-state index in [2.05, 4.69) is 0 Å². The number of aromatic carboxylic acids is 1. The molecule has 0 fully saturated rings. The topological polar surface area (TPSA) is 42.2 Å². The van der Waals surface area contributed by atoms with Gasteiger partial charge >= 0.3 is 5.97 Å². The Morgan fingerprint density at radius 3 is 2.47 bits per heavy atom. The first kappa shape index (κ1) is 11.4. The third-order valence-electron chi connectivity index (χ3n) is 2.75. The van der Waals surface area contributed by atoms with Crippen molar-refractivity contribution in [3.63, 3.8) is 0 Å². The van der Waals surface area contributed by atoms with Crippen LogP contribution in [-0.2, 0) is 0 Å². The van der Waals surface area contributed by atoms with Crippen LogP contribution in [0, 0.1) is 19.7 Å². The molecule has 0 spiro atoms. The van der Waals surface area contributed by atoms with E-state index in [-0.39, 0.29) is 11.4 Å². The van der Waals surface area contributed by atoms with Gasteiger partial charge < -0.3 is 9.67 Å². The molecule has 0 radical (unpaired) electrons. The Morgan fingerprint density at radius 1 is 1.29 bits per heavy atom. The highest BCUT2D eigenvalue weighted by Crippen LogP contribution is 2.22. The predicted octanol–water partition coefficient (Wildman–Crippen LogP) is 2.93. The summed E-state index contributed by atoms with van der Waals surface area (Å²) in [6.45, 7) is 3.43. The van der Waals surface area contributed by atoms with Crippen molar-refractivity contribution >= 4 is 5.97 Å². The highest BCUT2D eigenvalue weighted by molar-refractivity contribution is 5.89. The lowest BCUT2D eigenvalue weighted by Gasteiger charge is -2.10. The molecule has 88 valence electrons. The SMILES string of the molecule is Cc1cc(C(=O)O)c(C)n1-c1ccccc1F. The summed E-state index contributed by atoms with van der Waals surface area (Å²) >= 11 is 0. The summed E-state index contributed by atoms with van der Waals surface area (Å²) in [5.41, 5.74) is 1.80. The van der Waals surface area contributed by atoms with E-state index in [1.807, 2.05) is 0 Å². The summed E-state index contributed by atoms with van der Waals surface area (Å²) in [4.78, 5) is 11.0. The summed E-state index contributed by atoms with van der Waals surface area (Å²) in [5.74, 6) is -1.37. The van der Waals surface area contributed by atoms with Crippen LogP contribution in [-0.4, -0.2) is 15.6 Å². The van der Waals surface area contributed by atoms with E-state index in [1.165, 1.54) is 6.07 Å². The molecule has 1 aromatic carbocycles. The highest BCUT2D eigenvalue weighted by Gasteiger charge is 2.17. The average Bonchev–Trinajstić information content (AvgIpc) is 2.56. The Balaban J connectivity index is 2.69. The van der Waals surface area contributed by atoms with Crippen LogP contribution >= 0.6 is 0 Å². The van der Waals surface area contributed by atoms with Gasteiger partial charge in [-0.3, -0.25) is 0 Å². The smallest absolute Gasteiger partial charge is 0.337 e. The number of para-hydroxylation sites is 1. The molecule has 0 aliphatic carbocycles. The minimum Gasteiger partial charge on any atom is -0.478 e. The van der Waals surface area contributed by atoms with Crippen molar-refractivity contribution in [1.82, 2.24) is 4.57 Å². The fourth-order valence-corrected chi connectivity index (χ4v) is 1.98. The lowest BCUT2D eigenvalue weighted by atomic mass is 10.2. The van der Waals surface area contributed by atoms with E-state index in [1.54, 1.807) is 42.7 Å². The molecule has 0 saturated carbocycles. The van der Waals surface area contributed by atoms with Crippen molar-refractivity contribution in [2.24, 2.45) is 0 Å². The monoisotopic (exact) mass is 233 g/mol. The van der Waals surface area contributed by atoms with Crippen molar-refractivity contribution < 1.29 is 14.3 Å². The molecule has 0 aliphatic rings. The molecule has 3 nitrogen and oxygen atoms in total. The summed E-state index contributed by atoms with van der Waals surface area (Å²) in [6.07, 6.45) is 0. The van der Waals surface area contributed by atoms with Gasteiger partial charge in [-0.1, -0.05) is 12.1 Å². The maximum absolute atomic E-state index is 13.7. The number of halogens is 1. The second kappa shape index (κ2) is 4.05. The van der Waals surface area contributed by atoms with Gasteiger partial charge in [0, 0.05) is 11.4 Å². The van der Waals surface area contributed by atoms with Crippen LogP contribution in [0.15, 0.2) is 30.3 Å². The largest absolute Gasteiger partial charge is 0.478 e. The Morgan fingerprint density at radius 2 is 1.94 bits per heavy atom. The fraction of sp³-hybridized carbons (Fsp3) is 0.154. The summed E-state index contributed by atoms with van der Waals surface area (Å²) in [5, 5.41) is 9.01. The molecule has 2 aromatic rings. The average molecular weight is 233 g/mol. The van der Waals surface area contributed by atoms with E-state index >= 15 is 0 Å². The third kappa shape index (κ3) is 1.82. The first-order valence-electron chi connectivity index (χ1n) is 5.19. The molecule has 0 bridgehead atoms. The van der Waals surface area contributed by atoms with Crippen LogP contribution in [0.3, 0.4) is 0 Å². The van der Waals surface area contributed by atoms with Gasteiger partial charge in [-0.15, -0.1) is 0 Å². The predicted molar refractivity (Wildman–Crippen MR) is 62.2 cm³/mol. The molecule has 2 rings (SSSR count). The van der Waals surface area contributed by atoms with Gasteiger partial charge in [0.2, 0.25) is 0 Å². The minimum atomic E-state index is -0.999. The van der Waals surface area contributed by atoms with Crippen molar-refractivity contribution in [3.8, 4) is 5.69 Å². The maximum Gasteiger partial charge on any atom is 0.337 e. The van der Waals surface area contributed by atoms with Gasteiger partial charge in [-0.2, -0.15) is 0 Å². The normalized spacial score (nSPS) is 10.5. The van der Waals surface area contributed by atoms with Crippen LogP contribution < -0.4 is 0 Å². The van der Waals surface area contributed by atoms with E-state index in [0.29, 0.717) is 17.1 Å². The Hall–Kier alpha value is -2.10. The van der Waals surface area contributed by atoms with Gasteiger partial charge in [0.25, 0.3) is 0 Å². The van der Waals surface area contributed by atoms with E-state index in [0.717, 1.165) is 0 Å². The number of benzene rings is 1. The van der Waals surface area contributed by atoms with Crippen LogP contribution in [0.1, 0.15) is 21.7 Å². The van der Waals surface area contributed by atoms with Crippen LogP contribution in [0.25, 0.3) is 5.69 Å². The zero-order chi connectivity index (χ0) is 12.6. The van der Waals surface area contributed by atoms with Crippen molar-refractivity contribution in [3.05, 3.63) is 53.1 Å². The zero-order valence-electron chi connectivity index (χ0n) is 9.57. The first-order chi connectivity index (χ1) is 8.02. The molecule has 0 unspecified atom stereocenters. The van der Waals surface area contributed by atoms with Crippen LogP contribution in [0.5, 0.6) is 0 Å². The highest BCUT2D eigenvalue weighted by atomic mass is 19.1. The number of hydrogen-bond acceptors (Lipinski definition) is 1. The molecule has 0 saturated heterocycles. The number of carboxylic acids is 1. The number of aromatic nitrogens is 1. The van der Waals surface area contributed by atoms with Gasteiger partial charge in [-0.05, 0) is 32.0 Å². The molecule has 0 atom stereocenters. The number of hydrogen-bond donors (Lipinski definition) is 1. The standard InChI is InChI=1S/C13H12FNO2/c1-8-7-10(13(16)17)9(2)15(8)12-6-4-3-5-11(12)14/h3-7H,1-2H3,(H,16,17). The number of carbonyl (C=O) groups is 1. The number of aryl methyl sites for hydroxylation is 1. The number of carboxylic acid groups (broad SMARTS) is 1. The summed E-state index contributed by atoms with van der Waals surface area (Å²) in [6, 6.07) is 7.85. The fourth-order valence-electron chi connectivity index (χ4n) is 1.98. The first-order valence-corrected chi connectivity index (χ1v) is 5.19. The number of nitrogens with zero attached hydrogens (tertiary/aromatic N) is 1. The second-order valence-corrected chi connectivity index (χ2v) is 3.88. The molecule has 0 amide bonds. The number of rotatable bonds is 2. The van der Waals surface area contributed by atoms with Gasteiger partial charge in [-0.25, -0.2) is 9.18 Å². The molecule has 17 heavy (non-hydrogen) atoms. The lowest BCUT2D eigenvalue weighted by molar-refractivity contribution is 0.0696. The molecule has 1 N–H and O–H groups in total. The second-order valence-electron chi connectivity index (χ2n) is 3.88. The maximum atomic E-state index is 13.7. The van der Waals surface area contributed by atoms with Gasteiger partial charge in [0.05, 0.1) is 11.3 Å². The molecular formula is C13H12FNO2. The lowest BCUT2D eigenvalue weighted by Crippen LogP contribution is -2.04. The molecule has 1 heterocycles. The Kier molecular flexibility index (Phi) is 2.71. The van der Waals surface area contributed by atoms with Crippen LogP contribution in [0.2, 0.25) is 0 Å². The van der Waals surface area contributed by atoms with E-state index in [4.69, 9.17) is 5.11 Å². The third-order valence-corrected chi connectivity index (χ3v) is 2.75. The molecule has 0 aliphatic heterocycles. The zero-order valence-corrected chi connectivity index (χ0v) is 9.57. The Bertz CT molecular complexity index is 587. The van der Waals surface area contributed by atoms with Crippen molar-refractivity contribution in [2.75, 3.05) is 0 Å². The Labute approximate surface area is 98.1 Å². The van der Waals surface area contributed by atoms with Crippen molar-refractivity contribution in [1.29, 1.82) is 0 Å². The summed E-state index contributed by atoms with van der Waals surface area (Å²) < 4.78 is 15.3. The molecule has 1 aromatic heterocycles. The quantitative estimate of drug-likeness (QED) is 0.866. The van der Waals surface area contributed by atoms with E-state index in [9.17, 15) is 9.18 Å². The van der Waals surface area contributed by atoms with Crippen LogP contribution in [0.4, 0.5) is 4.39 Å². The van der Waals surface area contributed by atoms with Gasteiger partial charge in [0.1, 0.15) is 5.82 Å². The molecular weight excluding hydrogens is 221 g/mol. The summed E-state index contributed by atoms with van der Waals surface area (Å²) in [7, 11) is 0. The van der Waals surface area contributed by atoms with Gasteiger partial charge in [0.15, 0.2) is 0 Å². The molecule has 4 heteroatoms.